The molecule has 1 aromatic carbocycles. The fourth-order valence-corrected chi connectivity index (χ4v) is 8.96. The fraction of sp³-hybridized carbons (Fsp3) is 0.596. The number of pyridine rings is 2. The van der Waals surface area contributed by atoms with E-state index in [2.05, 4.69) is 115 Å². The van der Waals surface area contributed by atoms with Gasteiger partial charge in [0.1, 0.15) is 5.40 Å². The van der Waals surface area contributed by atoms with Gasteiger partial charge in [0.15, 0.2) is 0 Å². The highest BCUT2D eigenvalue weighted by Gasteiger charge is 2.10. The van der Waals surface area contributed by atoms with E-state index in [9.17, 15) is 0 Å². The Bertz CT molecular complexity index is 1600. The van der Waals surface area contributed by atoms with E-state index in [1.54, 1.807) is 0 Å². The number of thiocyanates is 1. The number of allylic oxidation sites excluding steroid dienone is 2. The maximum Gasteiger partial charge on any atom is 0.138 e. The van der Waals surface area contributed by atoms with Gasteiger partial charge in [0, 0.05) is 18.0 Å². The number of nitrogens with zero attached hydrogens (tertiary/aromatic N) is 5. The maximum absolute atomic E-state index is 8.80. The van der Waals surface area contributed by atoms with Crippen LogP contribution in [0.1, 0.15) is 171 Å². The van der Waals surface area contributed by atoms with Crippen LogP contribution >= 0.6 is 23.5 Å². The lowest BCUT2D eigenvalue weighted by molar-refractivity contribution is 0.246. The summed E-state index contributed by atoms with van der Waals surface area (Å²) in [7, 11) is 0. The summed E-state index contributed by atoms with van der Waals surface area (Å²) >= 11 is 3.41. The van der Waals surface area contributed by atoms with Gasteiger partial charge in [-0.2, -0.15) is 17.0 Å². The first-order valence-corrected chi connectivity index (χ1v) is 25.3. The van der Waals surface area contributed by atoms with E-state index >= 15 is 0 Å². The van der Waals surface area contributed by atoms with Crippen LogP contribution in [-0.4, -0.2) is 57.5 Å². The van der Waals surface area contributed by atoms with Crippen LogP contribution in [0.2, 0.25) is 0 Å². The van der Waals surface area contributed by atoms with Gasteiger partial charge in [-0.05, 0) is 168 Å². The van der Waals surface area contributed by atoms with Crippen molar-refractivity contribution in [3.63, 3.8) is 0 Å². The molecule has 3 aromatic rings. The maximum atomic E-state index is 8.80. The molecule has 0 spiro atoms. The minimum atomic E-state index is 0.937. The first kappa shape index (κ1) is 50.5. The van der Waals surface area contributed by atoms with Crippen LogP contribution in [0.4, 0.5) is 0 Å². The van der Waals surface area contributed by atoms with E-state index in [1.165, 1.54) is 163 Å². The normalized spacial score (nSPS) is 11.4. The van der Waals surface area contributed by atoms with Crippen molar-refractivity contribution in [2.75, 3.05) is 37.7 Å². The van der Waals surface area contributed by atoms with Crippen LogP contribution in [0.3, 0.4) is 0 Å². The predicted molar refractivity (Wildman–Crippen MR) is 261 cm³/mol. The molecule has 0 atom stereocenters. The third-order valence-corrected chi connectivity index (χ3v) is 12.9. The molecule has 5 nitrogen and oxygen atoms in total. The summed E-state index contributed by atoms with van der Waals surface area (Å²) in [6.07, 6.45) is 26.2. The smallest absolute Gasteiger partial charge is 0.138 e. The van der Waals surface area contributed by atoms with E-state index in [-0.39, 0.29) is 0 Å². The Kier molecular flexibility index (Phi) is 28.1. The van der Waals surface area contributed by atoms with Gasteiger partial charge in [-0.15, -0.1) is 0 Å². The largest absolute Gasteiger partial charge is 0.298 e. The number of hydrogen-bond acceptors (Lipinski definition) is 7. The molecule has 0 amide bonds. The molecule has 2 aromatic heterocycles. The van der Waals surface area contributed by atoms with Crippen molar-refractivity contribution in [2.45, 2.75) is 167 Å². The van der Waals surface area contributed by atoms with Crippen molar-refractivity contribution in [1.29, 1.82) is 5.26 Å². The zero-order valence-electron chi connectivity index (χ0n) is 37.5. The van der Waals surface area contributed by atoms with Gasteiger partial charge >= 0.3 is 0 Å². The van der Waals surface area contributed by atoms with Crippen LogP contribution in [0.5, 0.6) is 0 Å². The zero-order chi connectivity index (χ0) is 42.2. The van der Waals surface area contributed by atoms with Gasteiger partial charge in [-0.1, -0.05) is 121 Å². The molecule has 3 rings (SSSR count). The second-order valence-corrected chi connectivity index (χ2v) is 18.8. The molecule has 0 bridgehead atoms. The molecule has 7 heteroatoms. The van der Waals surface area contributed by atoms with Crippen molar-refractivity contribution in [3.8, 4) is 5.40 Å². The minimum absolute atomic E-state index is 0.937. The molecule has 0 radical (unpaired) electrons. The number of rotatable bonds is 36. The molecule has 59 heavy (non-hydrogen) atoms. The summed E-state index contributed by atoms with van der Waals surface area (Å²) < 4.78 is 0. The Morgan fingerprint density at radius 1 is 0.559 bits per heavy atom. The summed E-state index contributed by atoms with van der Waals surface area (Å²) in [6, 6.07) is 21.3. The molecular formula is C52H79N5S2. The second kappa shape index (κ2) is 32.8. The molecule has 0 aliphatic rings. The van der Waals surface area contributed by atoms with Gasteiger partial charge < -0.3 is 0 Å². The summed E-state index contributed by atoms with van der Waals surface area (Å²) in [6.45, 7) is 21.1. The first-order valence-electron chi connectivity index (χ1n) is 23.3. The lowest BCUT2D eigenvalue weighted by Crippen LogP contribution is -2.26. The van der Waals surface area contributed by atoms with Crippen LogP contribution < -0.4 is 0 Å². The molecule has 324 valence electrons. The first-order chi connectivity index (χ1) is 28.9. The number of benzene rings is 1. The Balaban J connectivity index is 1.23. The van der Waals surface area contributed by atoms with Crippen molar-refractivity contribution >= 4 is 34.7 Å². The highest BCUT2D eigenvalue weighted by atomic mass is 32.2. The highest BCUT2D eigenvalue weighted by Crippen LogP contribution is 2.20. The molecule has 0 unspecified atom stereocenters. The van der Waals surface area contributed by atoms with E-state index in [0.29, 0.717) is 0 Å². The Hall–Kier alpha value is -2.89. The lowest BCUT2D eigenvalue weighted by Gasteiger charge is -2.23. The quantitative estimate of drug-likeness (QED) is 0.0328. The summed E-state index contributed by atoms with van der Waals surface area (Å²) in [5, 5.41) is 10.9. The van der Waals surface area contributed by atoms with Gasteiger partial charge in [-0.25, -0.2) is 0 Å². The minimum Gasteiger partial charge on any atom is -0.298 e. The molecule has 0 aliphatic carbocycles. The van der Waals surface area contributed by atoms with Gasteiger partial charge in [0.05, 0.1) is 22.8 Å². The molecule has 0 saturated heterocycles. The molecule has 0 fully saturated rings. The number of aromatic nitrogens is 2. The summed E-state index contributed by atoms with van der Waals surface area (Å²) in [5.41, 5.74) is 7.84. The van der Waals surface area contributed by atoms with E-state index in [0.717, 1.165) is 72.3 Å². The van der Waals surface area contributed by atoms with Crippen LogP contribution in [0.25, 0.3) is 11.1 Å². The summed E-state index contributed by atoms with van der Waals surface area (Å²) in [5.74, 6) is 2.64. The standard InChI is InChI=1S/C52H79N5S2/c1-6-7-36-56(42-48-28-25-30-51(54-48)45(2)3)37-20-14-10-11-15-21-38-57(43-49-29-26-31-52(55-49)46(4)5)39-22-16-18-24-41-58-40-23-17-12-8-9-13-19-27-47-32-34-50(35-33-47)59-44-53/h25-26,28-35H,2,4,6-24,27,36-43H2,1,3,5H3. The number of thioether (sulfide) groups is 2. The average Bonchev–Trinajstić information content (AvgIpc) is 3.24. The number of nitriles is 1. The molecule has 0 saturated carbocycles. The molecular weight excluding hydrogens is 759 g/mol. The molecule has 2 heterocycles. The SMILES string of the molecule is C=C(C)c1cccc(CN(CCCC)CCCCCCCCN(CCCCCCSCCCCCCCCCc2ccc(SC#N)cc2)Cc2cccc(C(=C)C)n2)n1. The second-order valence-electron chi connectivity index (χ2n) is 16.7. The van der Waals surface area contributed by atoms with Crippen molar-refractivity contribution in [3.05, 3.63) is 102 Å². The van der Waals surface area contributed by atoms with Crippen molar-refractivity contribution < 1.29 is 0 Å². The number of unbranched alkanes of at least 4 members (excludes halogenated alkanes) is 15. The van der Waals surface area contributed by atoms with E-state index in [4.69, 9.17) is 15.2 Å². The zero-order valence-corrected chi connectivity index (χ0v) is 39.2. The predicted octanol–water partition coefficient (Wildman–Crippen LogP) is 14.8. The Labute approximate surface area is 370 Å². The number of aryl methyl sites for hydroxylation is 1. The van der Waals surface area contributed by atoms with Crippen LogP contribution in [0.15, 0.2) is 78.7 Å². The topological polar surface area (TPSA) is 56.0 Å². The lowest BCUT2D eigenvalue weighted by atomic mass is 10.0. The van der Waals surface area contributed by atoms with Gasteiger partial charge in [-0.3, -0.25) is 19.8 Å². The summed E-state index contributed by atoms with van der Waals surface area (Å²) in [4.78, 5) is 16.1. The van der Waals surface area contributed by atoms with Gasteiger partial charge in [0.25, 0.3) is 0 Å². The van der Waals surface area contributed by atoms with E-state index in [1.807, 2.05) is 6.92 Å². The highest BCUT2D eigenvalue weighted by molar-refractivity contribution is 8.03. The van der Waals surface area contributed by atoms with Crippen LogP contribution in [0, 0.1) is 10.7 Å². The fourth-order valence-electron chi connectivity index (χ4n) is 7.56. The number of hydrogen-bond donors (Lipinski definition) is 0. The van der Waals surface area contributed by atoms with Gasteiger partial charge in [0.2, 0.25) is 0 Å². The third kappa shape index (κ3) is 24.2. The third-order valence-electron chi connectivity index (χ3n) is 11.1. The van der Waals surface area contributed by atoms with E-state index < -0.39 is 0 Å². The Morgan fingerprint density at radius 3 is 1.42 bits per heavy atom. The average molecular weight is 838 g/mol. The van der Waals surface area contributed by atoms with Crippen molar-refractivity contribution in [1.82, 2.24) is 19.8 Å². The monoisotopic (exact) mass is 838 g/mol. The molecule has 0 N–H and O–H groups in total. The van der Waals surface area contributed by atoms with Crippen molar-refractivity contribution in [2.24, 2.45) is 0 Å². The Morgan fingerprint density at radius 2 is 0.983 bits per heavy atom. The van der Waals surface area contributed by atoms with Crippen LogP contribution in [-0.2, 0) is 19.5 Å². The molecule has 0 aliphatic heterocycles.